The van der Waals surface area contributed by atoms with E-state index in [4.69, 9.17) is 5.73 Å². The second-order valence-corrected chi connectivity index (χ2v) is 5.20. The summed E-state index contributed by atoms with van der Waals surface area (Å²) in [6.45, 7) is 2.23. The zero-order valence-corrected chi connectivity index (χ0v) is 11.2. The van der Waals surface area contributed by atoms with E-state index < -0.39 is 0 Å². The summed E-state index contributed by atoms with van der Waals surface area (Å²) < 4.78 is 3.68. The molecule has 2 aromatic rings. The Morgan fingerprint density at radius 1 is 1.61 bits per heavy atom. The number of aryl methyl sites for hydroxylation is 1. The van der Waals surface area contributed by atoms with Gasteiger partial charge in [0.2, 0.25) is 0 Å². The number of carbonyl (C=O) groups is 1. The van der Waals surface area contributed by atoms with Crippen molar-refractivity contribution in [1.82, 2.24) is 9.59 Å². The van der Waals surface area contributed by atoms with Crippen LogP contribution >= 0.6 is 22.9 Å². The van der Waals surface area contributed by atoms with Crippen molar-refractivity contribution >= 4 is 33.8 Å². The molecule has 0 saturated heterocycles. The van der Waals surface area contributed by atoms with E-state index in [0.717, 1.165) is 22.0 Å². The minimum absolute atomic E-state index is 0.171. The summed E-state index contributed by atoms with van der Waals surface area (Å²) in [7, 11) is 0. The van der Waals surface area contributed by atoms with Gasteiger partial charge >= 0.3 is 0 Å². The van der Waals surface area contributed by atoms with Gasteiger partial charge in [-0.05, 0) is 18.6 Å². The molecule has 92 valence electrons. The maximum Gasteiger partial charge on any atom is 0.266 e. The highest BCUT2D eigenvalue weighted by molar-refractivity contribution is 7.15. The summed E-state index contributed by atoms with van der Waals surface area (Å²) >= 11 is 2.49. The van der Waals surface area contributed by atoms with Gasteiger partial charge in [0.25, 0.3) is 5.91 Å². The standard InChI is InChI=1S/C11H10N4OS2/c1-7-5-9(17-8(7)3-2-4-12)11(16)14-10-6-13-15-18-10/h5-6H,4,12H2,1H3,(H,14,16). The van der Waals surface area contributed by atoms with Crippen LogP contribution in [-0.4, -0.2) is 22.0 Å². The van der Waals surface area contributed by atoms with Gasteiger partial charge in [0.1, 0.15) is 5.00 Å². The van der Waals surface area contributed by atoms with E-state index in [0.29, 0.717) is 16.4 Å². The summed E-state index contributed by atoms with van der Waals surface area (Å²) in [5, 5.41) is 7.01. The molecule has 0 spiro atoms. The maximum absolute atomic E-state index is 11.9. The van der Waals surface area contributed by atoms with Crippen LogP contribution in [0, 0.1) is 18.8 Å². The van der Waals surface area contributed by atoms with Crippen LogP contribution in [0.3, 0.4) is 0 Å². The molecule has 0 unspecified atom stereocenters. The fourth-order valence-electron chi connectivity index (χ4n) is 1.25. The smallest absolute Gasteiger partial charge is 0.266 e. The average Bonchev–Trinajstić information content (AvgIpc) is 2.96. The molecule has 5 nitrogen and oxygen atoms in total. The fraction of sp³-hybridized carbons (Fsp3) is 0.182. The molecule has 18 heavy (non-hydrogen) atoms. The third kappa shape index (κ3) is 2.92. The van der Waals surface area contributed by atoms with Gasteiger partial charge in [-0.2, -0.15) is 0 Å². The van der Waals surface area contributed by atoms with Crippen LogP contribution in [0.25, 0.3) is 0 Å². The molecular formula is C11H10N4OS2. The molecule has 0 aromatic carbocycles. The van der Waals surface area contributed by atoms with Gasteiger partial charge in [-0.15, -0.1) is 16.4 Å². The maximum atomic E-state index is 11.9. The van der Waals surface area contributed by atoms with E-state index >= 15 is 0 Å². The lowest BCUT2D eigenvalue weighted by atomic mass is 10.2. The van der Waals surface area contributed by atoms with E-state index in [1.54, 1.807) is 0 Å². The number of nitrogens with two attached hydrogens (primary N) is 1. The van der Waals surface area contributed by atoms with Gasteiger partial charge in [0.05, 0.1) is 22.5 Å². The molecule has 0 radical (unpaired) electrons. The summed E-state index contributed by atoms with van der Waals surface area (Å²) in [6.07, 6.45) is 1.51. The minimum atomic E-state index is -0.171. The Bertz CT molecular complexity index is 607. The van der Waals surface area contributed by atoms with Gasteiger partial charge in [0, 0.05) is 11.5 Å². The third-order valence-corrected chi connectivity index (χ3v) is 3.78. The summed E-state index contributed by atoms with van der Waals surface area (Å²) in [5.74, 6) is 5.56. The van der Waals surface area contributed by atoms with Crippen LogP contribution in [0.15, 0.2) is 12.3 Å². The first-order chi connectivity index (χ1) is 8.70. The second-order valence-electron chi connectivity index (χ2n) is 3.36. The molecule has 7 heteroatoms. The Kier molecular flexibility index (Phi) is 4.04. The molecule has 0 atom stereocenters. The van der Waals surface area contributed by atoms with Crippen LogP contribution in [0.1, 0.15) is 20.1 Å². The van der Waals surface area contributed by atoms with Crippen LogP contribution in [-0.2, 0) is 0 Å². The Hall–Kier alpha value is -1.75. The van der Waals surface area contributed by atoms with Gasteiger partial charge in [-0.25, -0.2) is 0 Å². The normalized spacial score (nSPS) is 9.67. The van der Waals surface area contributed by atoms with Crippen LogP contribution in [0.5, 0.6) is 0 Å². The van der Waals surface area contributed by atoms with E-state index in [1.807, 2.05) is 13.0 Å². The number of anilines is 1. The van der Waals surface area contributed by atoms with Gasteiger partial charge in [-0.1, -0.05) is 16.3 Å². The number of hydrogen-bond donors (Lipinski definition) is 2. The van der Waals surface area contributed by atoms with Crippen molar-refractivity contribution in [3.05, 3.63) is 27.6 Å². The third-order valence-electron chi connectivity index (χ3n) is 2.04. The second kappa shape index (κ2) is 5.73. The molecule has 0 saturated carbocycles. The molecule has 2 rings (SSSR count). The predicted molar refractivity (Wildman–Crippen MR) is 72.9 cm³/mol. The molecule has 0 aliphatic carbocycles. The van der Waals surface area contributed by atoms with E-state index in [9.17, 15) is 4.79 Å². The highest BCUT2D eigenvalue weighted by Crippen LogP contribution is 2.22. The number of rotatable bonds is 2. The largest absolute Gasteiger partial charge is 0.320 e. The van der Waals surface area contributed by atoms with Crippen LogP contribution in [0.4, 0.5) is 5.00 Å². The van der Waals surface area contributed by atoms with Crippen molar-refractivity contribution in [2.24, 2.45) is 5.73 Å². The quantitative estimate of drug-likeness (QED) is 0.815. The van der Waals surface area contributed by atoms with Crippen molar-refractivity contribution in [2.75, 3.05) is 11.9 Å². The average molecular weight is 278 g/mol. The molecule has 0 bridgehead atoms. The van der Waals surface area contributed by atoms with Crippen molar-refractivity contribution in [3.8, 4) is 11.8 Å². The van der Waals surface area contributed by atoms with Crippen molar-refractivity contribution < 1.29 is 4.79 Å². The zero-order chi connectivity index (χ0) is 13.0. The first kappa shape index (κ1) is 12.7. The molecular weight excluding hydrogens is 268 g/mol. The fourth-order valence-corrected chi connectivity index (χ4v) is 2.60. The first-order valence-corrected chi connectivity index (χ1v) is 6.67. The first-order valence-electron chi connectivity index (χ1n) is 5.09. The van der Waals surface area contributed by atoms with Crippen molar-refractivity contribution in [1.29, 1.82) is 0 Å². The molecule has 0 aliphatic heterocycles. The number of carbonyl (C=O) groups excluding carboxylic acids is 1. The number of amides is 1. The zero-order valence-electron chi connectivity index (χ0n) is 9.56. The Balaban J connectivity index is 2.16. The van der Waals surface area contributed by atoms with E-state index in [1.165, 1.54) is 17.5 Å². The number of aromatic nitrogens is 2. The van der Waals surface area contributed by atoms with E-state index in [-0.39, 0.29) is 5.91 Å². The molecule has 0 aliphatic rings. The van der Waals surface area contributed by atoms with Crippen molar-refractivity contribution in [2.45, 2.75) is 6.92 Å². The Labute approximate surface area is 112 Å². The number of nitrogens with one attached hydrogen (secondary N) is 1. The lowest BCUT2D eigenvalue weighted by Gasteiger charge is -1.96. The molecule has 2 heterocycles. The monoisotopic (exact) mass is 278 g/mol. The minimum Gasteiger partial charge on any atom is -0.320 e. The summed E-state index contributed by atoms with van der Waals surface area (Å²) in [4.78, 5) is 13.4. The molecule has 0 fully saturated rings. The molecule has 1 amide bonds. The molecule has 3 N–H and O–H groups in total. The van der Waals surface area contributed by atoms with Crippen LogP contribution < -0.4 is 11.1 Å². The predicted octanol–water partition coefficient (Wildman–Crippen LogP) is 1.47. The summed E-state index contributed by atoms with van der Waals surface area (Å²) in [6, 6.07) is 1.81. The van der Waals surface area contributed by atoms with Crippen LogP contribution in [0.2, 0.25) is 0 Å². The number of hydrogen-bond acceptors (Lipinski definition) is 6. The van der Waals surface area contributed by atoms with Crippen molar-refractivity contribution in [3.63, 3.8) is 0 Å². The Morgan fingerprint density at radius 3 is 3.11 bits per heavy atom. The number of nitrogens with zero attached hydrogens (tertiary/aromatic N) is 2. The summed E-state index contributed by atoms with van der Waals surface area (Å²) in [5.41, 5.74) is 6.30. The number of thiophene rings is 1. The van der Waals surface area contributed by atoms with Gasteiger partial charge in [-0.3, -0.25) is 4.79 Å². The lowest BCUT2D eigenvalue weighted by molar-refractivity contribution is 0.103. The SMILES string of the molecule is Cc1cc(C(=O)Nc2cnns2)sc1C#CCN. The highest BCUT2D eigenvalue weighted by atomic mass is 32.1. The topological polar surface area (TPSA) is 80.9 Å². The van der Waals surface area contributed by atoms with E-state index in [2.05, 4.69) is 26.7 Å². The molecule has 2 aromatic heterocycles. The highest BCUT2D eigenvalue weighted by Gasteiger charge is 2.12. The lowest BCUT2D eigenvalue weighted by Crippen LogP contribution is -2.08. The van der Waals surface area contributed by atoms with Gasteiger partial charge < -0.3 is 11.1 Å². The Morgan fingerprint density at radius 2 is 2.44 bits per heavy atom. The van der Waals surface area contributed by atoms with Gasteiger partial charge in [0.15, 0.2) is 0 Å².